The van der Waals surface area contributed by atoms with Crippen molar-refractivity contribution >= 4 is 0 Å². The fourth-order valence-corrected chi connectivity index (χ4v) is 0.546. The third-order valence-corrected chi connectivity index (χ3v) is 1.45. The highest BCUT2D eigenvalue weighted by Crippen LogP contribution is 2.20. The first-order chi connectivity index (χ1) is 3.34. The van der Waals surface area contributed by atoms with Gasteiger partial charge in [-0.3, -0.25) is 0 Å². The predicted octanol–water partition coefficient (Wildman–Crippen LogP) is 2.13. The van der Waals surface area contributed by atoms with Crippen LogP contribution in [0.15, 0.2) is 17.4 Å². The molecule has 0 saturated heterocycles. The topological polar surface area (TPSA) is 0 Å². The van der Waals surface area contributed by atoms with Crippen LogP contribution in [0.2, 0.25) is 0 Å². The van der Waals surface area contributed by atoms with E-state index in [-0.39, 0.29) is 0 Å². The molecule has 1 atom stereocenters. The minimum atomic E-state index is 0.764. The van der Waals surface area contributed by atoms with Crippen LogP contribution in [0, 0.1) is 5.92 Å². The van der Waals surface area contributed by atoms with Crippen molar-refractivity contribution in [1.82, 2.24) is 0 Å². The Hall–Kier alpha value is -0.480. The average molecular weight is 94.2 g/mol. The Bertz CT molecular complexity index is 125. The lowest BCUT2D eigenvalue weighted by atomic mass is 10.1. The number of allylic oxidation sites excluding steroid dienone is 1. The number of rotatable bonds is 2. The molecule has 0 aliphatic heterocycles. The molecular formula is C7H10. The molecule has 1 unspecified atom stereocenters. The molecule has 7 heavy (non-hydrogen) atoms. The van der Waals surface area contributed by atoms with Gasteiger partial charge in [0, 0.05) is 5.57 Å². The molecule has 0 heterocycles. The van der Waals surface area contributed by atoms with E-state index in [4.69, 9.17) is 0 Å². The number of hydrogen-bond acceptors (Lipinski definition) is 0. The van der Waals surface area contributed by atoms with Crippen LogP contribution in [-0.4, -0.2) is 0 Å². The van der Waals surface area contributed by atoms with E-state index in [1.807, 2.05) is 0 Å². The third-order valence-electron chi connectivity index (χ3n) is 1.45. The molecular weight excluding hydrogens is 84.1 g/mol. The SMILES string of the molecule is CCC(C)C1=C=C1. The zero-order chi connectivity index (χ0) is 5.28. The minimum absolute atomic E-state index is 0.764. The van der Waals surface area contributed by atoms with Gasteiger partial charge in [-0.2, -0.15) is 0 Å². The standard InChI is InChI=1S/C7H10/c1-3-6(2)7-4-5-7/h4,6H,3H2,1-2H3. The van der Waals surface area contributed by atoms with E-state index in [1.54, 1.807) is 0 Å². The van der Waals surface area contributed by atoms with Gasteiger partial charge in [-0.15, -0.1) is 5.73 Å². The normalized spacial score (nSPS) is 18.9. The highest BCUT2D eigenvalue weighted by Gasteiger charge is 2.07. The fourth-order valence-electron chi connectivity index (χ4n) is 0.546. The van der Waals surface area contributed by atoms with E-state index in [0.717, 1.165) is 5.92 Å². The maximum absolute atomic E-state index is 3.08. The highest BCUT2D eigenvalue weighted by molar-refractivity contribution is 5.32. The molecule has 0 nitrogen and oxygen atoms in total. The van der Waals surface area contributed by atoms with Crippen LogP contribution in [0.4, 0.5) is 0 Å². The molecule has 0 aromatic carbocycles. The van der Waals surface area contributed by atoms with Gasteiger partial charge < -0.3 is 0 Å². The van der Waals surface area contributed by atoms with Crippen molar-refractivity contribution < 1.29 is 0 Å². The Morgan fingerprint density at radius 1 is 1.86 bits per heavy atom. The van der Waals surface area contributed by atoms with Crippen LogP contribution in [0.5, 0.6) is 0 Å². The molecule has 0 amide bonds. The summed E-state index contributed by atoms with van der Waals surface area (Å²) in [7, 11) is 0. The summed E-state index contributed by atoms with van der Waals surface area (Å²) in [6.45, 7) is 4.43. The van der Waals surface area contributed by atoms with Crippen molar-refractivity contribution in [2.75, 3.05) is 0 Å². The lowest BCUT2D eigenvalue weighted by molar-refractivity contribution is 0.682. The van der Waals surface area contributed by atoms with Crippen molar-refractivity contribution in [2.24, 2.45) is 5.92 Å². The Kier molecular flexibility index (Phi) is 1.04. The van der Waals surface area contributed by atoms with E-state index in [2.05, 4.69) is 25.7 Å². The lowest BCUT2D eigenvalue weighted by Crippen LogP contribution is -1.86. The quantitative estimate of drug-likeness (QED) is 0.460. The van der Waals surface area contributed by atoms with E-state index in [9.17, 15) is 0 Å². The first-order valence-corrected chi connectivity index (χ1v) is 2.81. The van der Waals surface area contributed by atoms with Crippen LogP contribution in [0.25, 0.3) is 0 Å². The molecule has 0 fully saturated rings. The molecule has 1 rings (SSSR count). The summed E-state index contributed by atoms with van der Waals surface area (Å²) in [5.74, 6) is 0.764. The maximum atomic E-state index is 3.08. The van der Waals surface area contributed by atoms with Gasteiger partial charge in [-0.25, -0.2) is 0 Å². The maximum Gasteiger partial charge on any atom is 0.00452 e. The molecule has 0 aromatic heterocycles. The summed E-state index contributed by atoms with van der Waals surface area (Å²) >= 11 is 0. The minimum Gasteiger partial charge on any atom is -0.115 e. The molecule has 0 aromatic rings. The smallest absolute Gasteiger partial charge is 0.00452 e. The summed E-state index contributed by atoms with van der Waals surface area (Å²) in [6, 6.07) is 0. The van der Waals surface area contributed by atoms with Gasteiger partial charge in [-0.05, 0) is 18.4 Å². The second kappa shape index (κ2) is 1.55. The number of hydrogen-bond donors (Lipinski definition) is 0. The Morgan fingerprint density at radius 3 is 2.57 bits per heavy atom. The summed E-state index contributed by atoms with van der Waals surface area (Å²) in [5.41, 5.74) is 4.50. The largest absolute Gasteiger partial charge is 0.115 e. The van der Waals surface area contributed by atoms with Gasteiger partial charge in [0.05, 0.1) is 0 Å². The van der Waals surface area contributed by atoms with Crippen LogP contribution in [0.1, 0.15) is 20.3 Å². The molecule has 1 aliphatic carbocycles. The molecule has 0 radical (unpaired) electrons. The Labute approximate surface area is 44.5 Å². The van der Waals surface area contributed by atoms with E-state index >= 15 is 0 Å². The lowest BCUT2D eigenvalue weighted by Gasteiger charge is -1.97. The molecule has 0 N–H and O–H groups in total. The second-order valence-corrected chi connectivity index (χ2v) is 2.05. The second-order valence-electron chi connectivity index (χ2n) is 2.05. The monoisotopic (exact) mass is 94.1 g/mol. The van der Waals surface area contributed by atoms with E-state index in [1.165, 1.54) is 12.0 Å². The van der Waals surface area contributed by atoms with Crippen LogP contribution in [-0.2, 0) is 0 Å². The predicted molar refractivity (Wildman–Crippen MR) is 31.1 cm³/mol. The summed E-state index contributed by atoms with van der Waals surface area (Å²) in [4.78, 5) is 0. The van der Waals surface area contributed by atoms with Crippen molar-refractivity contribution in [1.29, 1.82) is 0 Å². The molecule has 38 valence electrons. The van der Waals surface area contributed by atoms with Crippen LogP contribution >= 0.6 is 0 Å². The van der Waals surface area contributed by atoms with E-state index in [0.29, 0.717) is 0 Å². The van der Waals surface area contributed by atoms with Gasteiger partial charge in [-0.1, -0.05) is 13.8 Å². The third kappa shape index (κ3) is 0.942. The van der Waals surface area contributed by atoms with Crippen molar-refractivity contribution in [2.45, 2.75) is 20.3 Å². The Morgan fingerprint density at radius 2 is 2.43 bits per heavy atom. The zero-order valence-electron chi connectivity index (χ0n) is 4.86. The summed E-state index contributed by atoms with van der Waals surface area (Å²) in [6.07, 6.45) is 3.31. The van der Waals surface area contributed by atoms with Crippen LogP contribution < -0.4 is 0 Å². The molecule has 0 saturated carbocycles. The molecule has 1 aliphatic rings. The van der Waals surface area contributed by atoms with Gasteiger partial charge in [0.25, 0.3) is 0 Å². The Balaban J connectivity index is 2.26. The molecule has 0 bridgehead atoms. The molecule has 0 spiro atoms. The zero-order valence-corrected chi connectivity index (χ0v) is 4.86. The van der Waals surface area contributed by atoms with Crippen molar-refractivity contribution in [3.05, 3.63) is 17.4 Å². The van der Waals surface area contributed by atoms with Gasteiger partial charge in [0.15, 0.2) is 0 Å². The first-order valence-electron chi connectivity index (χ1n) is 2.81. The van der Waals surface area contributed by atoms with Crippen molar-refractivity contribution in [3.63, 3.8) is 0 Å². The summed E-state index contributed by atoms with van der Waals surface area (Å²) in [5, 5.41) is 0. The van der Waals surface area contributed by atoms with Crippen molar-refractivity contribution in [3.8, 4) is 0 Å². The van der Waals surface area contributed by atoms with Gasteiger partial charge in [0.2, 0.25) is 0 Å². The average Bonchev–Trinajstić information content (AvgIpc) is 2.44. The fraction of sp³-hybridized carbons (Fsp3) is 0.571. The van der Waals surface area contributed by atoms with Gasteiger partial charge >= 0.3 is 0 Å². The first kappa shape index (κ1) is 4.67. The van der Waals surface area contributed by atoms with Crippen LogP contribution in [0.3, 0.4) is 0 Å². The molecule has 0 heteroatoms. The van der Waals surface area contributed by atoms with E-state index < -0.39 is 0 Å². The van der Waals surface area contributed by atoms with Gasteiger partial charge in [0.1, 0.15) is 0 Å². The highest BCUT2D eigenvalue weighted by atomic mass is 14.1. The summed E-state index contributed by atoms with van der Waals surface area (Å²) < 4.78 is 0.